The van der Waals surface area contributed by atoms with Gasteiger partial charge in [0.1, 0.15) is 12.4 Å². The molecule has 1 aromatic rings. The molecule has 0 saturated heterocycles. The van der Waals surface area contributed by atoms with Crippen LogP contribution in [-0.4, -0.2) is 44.8 Å². The zero-order valence-electron chi connectivity index (χ0n) is 18.2. The lowest BCUT2D eigenvalue weighted by molar-refractivity contribution is -0.126. The van der Waals surface area contributed by atoms with Crippen molar-refractivity contribution < 1.29 is 4.79 Å². The molecule has 2 unspecified atom stereocenters. The number of nitrogens with zero attached hydrogens (tertiary/aromatic N) is 4. The van der Waals surface area contributed by atoms with Crippen LogP contribution in [0.4, 0.5) is 0 Å². The van der Waals surface area contributed by atoms with Crippen molar-refractivity contribution in [3.8, 4) is 0 Å². The Balaban J connectivity index is 0.00000256. The summed E-state index contributed by atoms with van der Waals surface area (Å²) in [6.45, 7) is 2.45. The molecule has 8 nitrogen and oxygen atoms in total. The van der Waals surface area contributed by atoms with E-state index in [1.807, 2.05) is 18.5 Å². The van der Waals surface area contributed by atoms with E-state index in [0.717, 1.165) is 56.1 Å². The Bertz CT molecular complexity index is 740. The fourth-order valence-corrected chi connectivity index (χ4v) is 4.43. The number of hydrogen-bond donors (Lipinski definition) is 3. The molecule has 168 valence electrons. The van der Waals surface area contributed by atoms with Crippen LogP contribution in [0.25, 0.3) is 0 Å². The smallest absolute Gasteiger partial charge is 0.223 e. The van der Waals surface area contributed by atoms with Gasteiger partial charge in [-0.1, -0.05) is 19.3 Å². The second kappa shape index (κ2) is 10.8. The average Bonchev–Trinajstić information content (AvgIpc) is 3.27. The first kappa shape index (κ1) is 23.3. The van der Waals surface area contributed by atoms with Gasteiger partial charge < -0.3 is 20.5 Å². The van der Waals surface area contributed by atoms with E-state index >= 15 is 0 Å². The molecule has 0 aromatic carbocycles. The van der Waals surface area contributed by atoms with Gasteiger partial charge in [0.25, 0.3) is 0 Å². The van der Waals surface area contributed by atoms with Crippen molar-refractivity contribution in [1.29, 1.82) is 0 Å². The number of amides is 1. The van der Waals surface area contributed by atoms with Crippen LogP contribution in [0.2, 0.25) is 0 Å². The summed E-state index contributed by atoms with van der Waals surface area (Å²) < 4.78 is 1.98. The van der Waals surface area contributed by atoms with Crippen LogP contribution in [0, 0.1) is 12.8 Å². The number of guanidine groups is 1. The number of aryl methyl sites for hydroxylation is 1. The third kappa shape index (κ3) is 6.31. The summed E-state index contributed by atoms with van der Waals surface area (Å²) in [5.74, 6) is 2.98. The maximum absolute atomic E-state index is 12.5. The zero-order chi connectivity index (χ0) is 20.2. The molecule has 3 aliphatic carbocycles. The molecular weight excluding hydrogens is 493 g/mol. The minimum absolute atomic E-state index is 0. The highest BCUT2D eigenvalue weighted by Crippen LogP contribution is 2.27. The molecule has 0 spiro atoms. The summed E-state index contributed by atoms with van der Waals surface area (Å²) in [6.07, 6.45) is 11.3. The highest BCUT2D eigenvalue weighted by atomic mass is 127. The number of halogens is 1. The van der Waals surface area contributed by atoms with Gasteiger partial charge in [0, 0.05) is 31.1 Å². The number of aromatic nitrogens is 3. The first-order chi connectivity index (χ1) is 14.1. The Kier molecular flexibility index (Phi) is 8.35. The first-order valence-electron chi connectivity index (χ1n) is 11.3. The molecule has 4 rings (SSSR count). The van der Waals surface area contributed by atoms with E-state index in [1.54, 1.807) is 0 Å². The van der Waals surface area contributed by atoms with Crippen molar-refractivity contribution in [3.63, 3.8) is 0 Å². The fourth-order valence-electron chi connectivity index (χ4n) is 4.43. The lowest BCUT2D eigenvalue weighted by atomic mass is 9.85. The number of hydrogen-bond acceptors (Lipinski definition) is 4. The van der Waals surface area contributed by atoms with Crippen LogP contribution in [0.1, 0.15) is 75.9 Å². The summed E-state index contributed by atoms with van der Waals surface area (Å²) in [7, 11) is 1.97. The van der Waals surface area contributed by atoms with E-state index in [1.165, 1.54) is 25.7 Å². The third-order valence-corrected chi connectivity index (χ3v) is 6.57. The Morgan fingerprint density at radius 2 is 1.63 bits per heavy atom. The van der Waals surface area contributed by atoms with E-state index in [9.17, 15) is 4.79 Å². The van der Waals surface area contributed by atoms with Crippen molar-refractivity contribution in [1.82, 2.24) is 30.7 Å². The monoisotopic (exact) mass is 529 g/mol. The molecule has 3 saturated carbocycles. The molecule has 3 N–H and O–H groups in total. The Morgan fingerprint density at radius 1 is 0.967 bits per heavy atom. The minimum atomic E-state index is 0. The van der Waals surface area contributed by atoms with Crippen LogP contribution in [0.5, 0.6) is 0 Å². The Morgan fingerprint density at radius 3 is 2.30 bits per heavy atom. The van der Waals surface area contributed by atoms with Crippen molar-refractivity contribution >= 4 is 35.8 Å². The van der Waals surface area contributed by atoms with Gasteiger partial charge in [0.05, 0.1) is 0 Å². The third-order valence-electron chi connectivity index (χ3n) is 6.57. The lowest BCUT2D eigenvalue weighted by Gasteiger charge is -2.31. The standard InChI is InChI=1S/C21H35N7O.HI/c1-14-26-27-19(28(14)2)13-22-21(24-16-7-3-4-8-16)25-18-9-5-6-15(12-18)20(29)23-17-10-11-17;/h15-18H,3-13H2,1-2H3,(H,23,29)(H2,22,24,25);1H. The largest absolute Gasteiger partial charge is 0.354 e. The summed E-state index contributed by atoms with van der Waals surface area (Å²) in [5.41, 5.74) is 0. The Hall–Kier alpha value is -1.39. The van der Waals surface area contributed by atoms with E-state index in [2.05, 4.69) is 26.1 Å². The molecule has 0 aliphatic heterocycles. The molecular formula is C21H36IN7O. The highest BCUT2D eigenvalue weighted by Gasteiger charge is 2.31. The van der Waals surface area contributed by atoms with Crippen LogP contribution in [-0.2, 0) is 18.4 Å². The molecule has 3 aliphatic rings. The molecule has 3 fully saturated rings. The van der Waals surface area contributed by atoms with Gasteiger partial charge in [-0.05, 0) is 51.9 Å². The van der Waals surface area contributed by atoms with Gasteiger partial charge in [-0.15, -0.1) is 34.2 Å². The lowest BCUT2D eigenvalue weighted by Crippen LogP contribution is -2.49. The fraction of sp³-hybridized carbons (Fsp3) is 0.810. The maximum atomic E-state index is 12.5. The van der Waals surface area contributed by atoms with Crippen LogP contribution in [0.15, 0.2) is 4.99 Å². The van der Waals surface area contributed by atoms with E-state index in [0.29, 0.717) is 18.6 Å². The second-order valence-corrected chi connectivity index (χ2v) is 9.00. The number of rotatable bonds is 6. The number of nitrogens with one attached hydrogen (secondary N) is 3. The summed E-state index contributed by atoms with van der Waals surface area (Å²) in [4.78, 5) is 17.3. The SMILES string of the molecule is Cc1nnc(CN=C(NC2CCCC2)NC2CCCC(C(=O)NC3CC3)C2)n1C.I. The van der Waals surface area contributed by atoms with E-state index in [-0.39, 0.29) is 41.8 Å². The van der Waals surface area contributed by atoms with Gasteiger partial charge in [0.2, 0.25) is 5.91 Å². The van der Waals surface area contributed by atoms with Crippen LogP contribution >= 0.6 is 24.0 Å². The van der Waals surface area contributed by atoms with Crippen molar-refractivity contribution in [3.05, 3.63) is 11.6 Å². The highest BCUT2D eigenvalue weighted by molar-refractivity contribution is 14.0. The average molecular weight is 529 g/mol. The quantitative estimate of drug-likeness (QED) is 0.299. The Labute approximate surface area is 196 Å². The second-order valence-electron chi connectivity index (χ2n) is 9.00. The number of carbonyl (C=O) groups excluding carboxylic acids is 1. The zero-order valence-corrected chi connectivity index (χ0v) is 20.5. The molecule has 9 heteroatoms. The summed E-state index contributed by atoms with van der Waals surface area (Å²) in [6, 6.07) is 1.21. The number of carbonyl (C=O) groups is 1. The van der Waals surface area contributed by atoms with Crippen molar-refractivity contribution in [2.75, 3.05) is 0 Å². The summed E-state index contributed by atoms with van der Waals surface area (Å²) >= 11 is 0. The molecule has 0 bridgehead atoms. The minimum Gasteiger partial charge on any atom is -0.354 e. The summed E-state index contributed by atoms with van der Waals surface area (Å²) in [5, 5.41) is 18.8. The first-order valence-corrected chi connectivity index (χ1v) is 11.3. The van der Waals surface area contributed by atoms with Gasteiger partial charge in [-0.25, -0.2) is 4.99 Å². The van der Waals surface area contributed by atoms with Crippen LogP contribution in [0.3, 0.4) is 0 Å². The molecule has 1 aromatic heterocycles. The maximum Gasteiger partial charge on any atom is 0.223 e. The topological polar surface area (TPSA) is 96.2 Å². The predicted octanol–water partition coefficient (Wildman–Crippen LogP) is 2.56. The van der Waals surface area contributed by atoms with Gasteiger partial charge in [-0.3, -0.25) is 4.79 Å². The van der Waals surface area contributed by atoms with Gasteiger partial charge in [0.15, 0.2) is 11.8 Å². The molecule has 30 heavy (non-hydrogen) atoms. The molecule has 0 radical (unpaired) electrons. The molecule has 1 amide bonds. The normalized spacial score (nSPS) is 24.9. The van der Waals surface area contributed by atoms with Crippen molar-refractivity contribution in [2.45, 2.75) is 95.8 Å². The number of aliphatic imine (C=N–C) groups is 1. The predicted molar refractivity (Wildman–Crippen MR) is 128 cm³/mol. The van der Waals surface area contributed by atoms with Gasteiger partial charge in [-0.2, -0.15) is 0 Å². The van der Waals surface area contributed by atoms with E-state index in [4.69, 9.17) is 4.99 Å². The van der Waals surface area contributed by atoms with E-state index < -0.39 is 0 Å². The van der Waals surface area contributed by atoms with Crippen LogP contribution < -0.4 is 16.0 Å². The van der Waals surface area contributed by atoms with Gasteiger partial charge >= 0.3 is 0 Å². The molecule has 1 heterocycles. The van der Waals surface area contributed by atoms with Crippen molar-refractivity contribution in [2.24, 2.45) is 18.0 Å². The molecule has 2 atom stereocenters.